The van der Waals surface area contributed by atoms with Gasteiger partial charge in [0, 0.05) is 0 Å². The highest BCUT2D eigenvalue weighted by atomic mass is 32.2. The molecule has 0 aliphatic heterocycles. The SMILES string of the molecule is Cc1cccc(Cn2cnc(NS(=O)(=O)c3c(C)nn(C(F)F)c3C)n2)c1. The number of anilines is 1. The van der Waals surface area contributed by atoms with Crippen LogP contribution in [0.25, 0.3) is 0 Å². The summed E-state index contributed by atoms with van der Waals surface area (Å²) in [5.41, 5.74) is 1.89. The van der Waals surface area contributed by atoms with Crippen molar-refractivity contribution < 1.29 is 17.2 Å². The molecule has 1 N–H and O–H groups in total. The predicted octanol–water partition coefficient (Wildman–Crippen LogP) is 2.64. The summed E-state index contributed by atoms with van der Waals surface area (Å²) in [5.74, 6) is -0.147. The summed E-state index contributed by atoms with van der Waals surface area (Å²) < 4.78 is 55.1. The van der Waals surface area contributed by atoms with Crippen molar-refractivity contribution in [3.63, 3.8) is 0 Å². The lowest BCUT2D eigenvalue weighted by atomic mass is 10.1. The van der Waals surface area contributed by atoms with Crippen molar-refractivity contribution in [2.45, 2.75) is 38.8 Å². The third-order valence-electron chi connectivity index (χ3n) is 3.90. The maximum atomic E-state index is 12.9. The minimum Gasteiger partial charge on any atom is -0.246 e. The van der Waals surface area contributed by atoms with Gasteiger partial charge in [0.1, 0.15) is 11.2 Å². The molecule has 0 fully saturated rings. The van der Waals surface area contributed by atoms with Gasteiger partial charge >= 0.3 is 6.55 Å². The highest BCUT2D eigenvalue weighted by molar-refractivity contribution is 7.92. The van der Waals surface area contributed by atoms with E-state index in [9.17, 15) is 17.2 Å². The van der Waals surface area contributed by atoms with E-state index in [-0.39, 0.29) is 22.2 Å². The van der Waals surface area contributed by atoms with E-state index in [2.05, 4.69) is 19.9 Å². The van der Waals surface area contributed by atoms with Crippen LogP contribution in [0.3, 0.4) is 0 Å². The Kier molecular flexibility index (Phi) is 4.96. The number of halogens is 2. The number of alkyl halides is 2. The Morgan fingerprint density at radius 2 is 1.93 bits per heavy atom. The number of hydrogen-bond acceptors (Lipinski definition) is 5. The van der Waals surface area contributed by atoms with Gasteiger partial charge in [-0.15, -0.1) is 5.10 Å². The Bertz CT molecular complexity index is 1070. The van der Waals surface area contributed by atoms with Gasteiger partial charge in [0.05, 0.1) is 17.9 Å². The van der Waals surface area contributed by atoms with Crippen LogP contribution in [0, 0.1) is 20.8 Å². The van der Waals surface area contributed by atoms with Crippen molar-refractivity contribution in [2.75, 3.05) is 4.72 Å². The maximum Gasteiger partial charge on any atom is 0.333 e. The van der Waals surface area contributed by atoms with Crippen LogP contribution in [0.1, 0.15) is 29.1 Å². The first-order chi connectivity index (χ1) is 12.7. The molecule has 0 aliphatic carbocycles. The number of aryl methyl sites for hydroxylation is 2. The summed E-state index contributed by atoms with van der Waals surface area (Å²) in [6, 6.07) is 7.78. The molecule has 0 amide bonds. The van der Waals surface area contributed by atoms with E-state index in [0.29, 0.717) is 11.2 Å². The third kappa shape index (κ3) is 3.97. The van der Waals surface area contributed by atoms with E-state index in [0.717, 1.165) is 11.1 Å². The first kappa shape index (κ1) is 19.0. The topological polar surface area (TPSA) is 94.7 Å². The Morgan fingerprint density at radius 3 is 2.56 bits per heavy atom. The Balaban J connectivity index is 1.82. The number of rotatable bonds is 6. The van der Waals surface area contributed by atoms with Crippen LogP contribution >= 0.6 is 0 Å². The fraction of sp³-hybridized carbons (Fsp3) is 0.312. The van der Waals surface area contributed by atoms with Crippen molar-refractivity contribution in [1.29, 1.82) is 0 Å². The van der Waals surface area contributed by atoms with Crippen molar-refractivity contribution in [3.8, 4) is 0 Å². The summed E-state index contributed by atoms with van der Waals surface area (Å²) >= 11 is 0. The van der Waals surface area contributed by atoms with Gasteiger partial charge in [-0.1, -0.05) is 29.8 Å². The second-order valence-corrected chi connectivity index (χ2v) is 7.70. The van der Waals surface area contributed by atoms with Crippen LogP contribution < -0.4 is 4.72 Å². The van der Waals surface area contributed by atoms with Crippen LogP contribution in [0.2, 0.25) is 0 Å². The van der Waals surface area contributed by atoms with Gasteiger partial charge in [-0.05, 0) is 26.3 Å². The molecular formula is C16H18F2N6O2S. The normalized spacial score (nSPS) is 11.9. The number of benzene rings is 1. The summed E-state index contributed by atoms with van der Waals surface area (Å²) in [7, 11) is -4.16. The number of aromatic nitrogens is 5. The lowest BCUT2D eigenvalue weighted by Gasteiger charge is -2.06. The fourth-order valence-electron chi connectivity index (χ4n) is 2.81. The zero-order chi connectivity index (χ0) is 19.8. The number of sulfonamides is 1. The van der Waals surface area contributed by atoms with E-state index < -0.39 is 16.6 Å². The summed E-state index contributed by atoms with van der Waals surface area (Å²) in [5, 5.41) is 7.68. The molecule has 0 saturated carbocycles. The number of hydrogen-bond donors (Lipinski definition) is 1. The highest BCUT2D eigenvalue weighted by Gasteiger charge is 2.28. The Hall–Kier alpha value is -2.82. The molecule has 3 aromatic rings. The maximum absolute atomic E-state index is 12.9. The van der Waals surface area contributed by atoms with Gasteiger partial charge in [0.2, 0.25) is 0 Å². The van der Waals surface area contributed by atoms with Crippen LogP contribution in [0.4, 0.5) is 14.7 Å². The van der Waals surface area contributed by atoms with Crippen molar-refractivity contribution in [2.24, 2.45) is 0 Å². The van der Waals surface area contributed by atoms with E-state index in [4.69, 9.17) is 0 Å². The lowest BCUT2D eigenvalue weighted by Crippen LogP contribution is -2.16. The van der Waals surface area contributed by atoms with Gasteiger partial charge in [-0.3, -0.25) is 0 Å². The molecule has 11 heteroatoms. The van der Waals surface area contributed by atoms with Gasteiger partial charge in [-0.25, -0.2) is 22.5 Å². The zero-order valence-electron chi connectivity index (χ0n) is 14.9. The van der Waals surface area contributed by atoms with E-state index in [1.807, 2.05) is 31.2 Å². The Labute approximate surface area is 154 Å². The minimum atomic E-state index is -4.16. The molecule has 3 rings (SSSR count). The quantitative estimate of drug-likeness (QED) is 0.691. The molecule has 8 nitrogen and oxygen atoms in total. The smallest absolute Gasteiger partial charge is 0.246 e. The molecule has 2 heterocycles. The molecule has 0 aliphatic rings. The highest BCUT2D eigenvalue weighted by Crippen LogP contribution is 2.24. The number of nitrogens with one attached hydrogen (secondary N) is 1. The Morgan fingerprint density at radius 1 is 1.19 bits per heavy atom. The summed E-state index contributed by atoms with van der Waals surface area (Å²) in [6.07, 6.45) is 1.39. The van der Waals surface area contributed by atoms with Gasteiger partial charge < -0.3 is 0 Å². The fourth-order valence-corrected chi connectivity index (χ4v) is 4.16. The molecule has 0 unspecified atom stereocenters. The average molecular weight is 396 g/mol. The molecule has 1 aromatic carbocycles. The lowest BCUT2D eigenvalue weighted by molar-refractivity contribution is 0.0538. The zero-order valence-corrected chi connectivity index (χ0v) is 15.7. The van der Waals surface area contributed by atoms with E-state index in [1.165, 1.54) is 24.9 Å². The molecule has 0 atom stereocenters. The molecule has 27 heavy (non-hydrogen) atoms. The predicted molar refractivity (Wildman–Crippen MR) is 94.1 cm³/mol. The molecule has 0 bridgehead atoms. The van der Waals surface area contributed by atoms with Crippen LogP contribution in [-0.4, -0.2) is 33.0 Å². The second-order valence-electron chi connectivity index (χ2n) is 6.08. The van der Waals surface area contributed by atoms with Gasteiger partial charge in [0.25, 0.3) is 16.0 Å². The summed E-state index contributed by atoms with van der Waals surface area (Å²) in [4.78, 5) is 3.63. The molecule has 0 saturated heterocycles. The van der Waals surface area contributed by atoms with Crippen LogP contribution in [-0.2, 0) is 16.6 Å². The van der Waals surface area contributed by atoms with Crippen molar-refractivity contribution in [1.82, 2.24) is 24.5 Å². The summed E-state index contributed by atoms with van der Waals surface area (Å²) in [6.45, 7) is 2.07. The first-order valence-corrected chi connectivity index (χ1v) is 9.47. The largest absolute Gasteiger partial charge is 0.333 e. The van der Waals surface area contributed by atoms with E-state index >= 15 is 0 Å². The monoisotopic (exact) mass is 396 g/mol. The molecular weight excluding hydrogens is 378 g/mol. The second kappa shape index (κ2) is 7.06. The van der Waals surface area contributed by atoms with Crippen LogP contribution in [0.15, 0.2) is 35.5 Å². The van der Waals surface area contributed by atoms with Crippen molar-refractivity contribution >= 4 is 16.0 Å². The van der Waals surface area contributed by atoms with Crippen LogP contribution in [0.5, 0.6) is 0 Å². The molecule has 2 aromatic heterocycles. The van der Waals surface area contributed by atoms with Crippen molar-refractivity contribution in [3.05, 3.63) is 53.1 Å². The van der Waals surface area contributed by atoms with E-state index in [1.54, 1.807) is 0 Å². The van der Waals surface area contributed by atoms with Gasteiger partial charge in [-0.2, -0.15) is 18.9 Å². The molecule has 144 valence electrons. The molecule has 0 spiro atoms. The molecule has 0 radical (unpaired) electrons. The minimum absolute atomic E-state index is 0.0282. The van der Waals surface area contributed by atoms with Gasteiger partial charge in [0.15, 0.2) is 0 Å². The average Bonchev–Trinajstić information content (AvgIpc) is 3.10. The first-order valence-electron chi connectivity index (χ1n) is 7.99. The third-order valence-corrected chi connectivity index (χ3v) is 5.48. The standard InChI is InChI=1S/C16H18F2N6O2S/c1-10-5-4-6-13(7-10)8-23-9-19-16(21-23)22-27(25,26)14-11(2)20-24(12(14)3)15(17)18/h4-7,9,15H,8H2,1-3H3,(H,21,22). The number of nitrogens with zero attached hydrogens (tertiary/aromatic N) is 5.